The Bertz CT molecular complexity index is 521. The highest BCUT2D eigenvalue weighted by Gasteiger charge is 2.10. The van der Waals surface area contributed by atoms with Crippen molar-refractivity contribution in [3.05, 3.63) is 56.2 Å². The lowest BCUT2D eigenvalue weighted by Gasteiger charge is -2.15. The van der Waals surface area contributed by atoms with E-state index in [0.717, 1.165) is 23.7 Å². The fourth-order valence-corrected chi connectivity index (χ4v) is 3.67. The third-order valence-electron chi connectivity index (χ3n) is 3.29. The van der Waals surface area contributed by atoms with E-state index in [-0.39, 0.29) is 0 Å². The minimum atomic E-state index is 0.498. The summed E-state index contributed by atoms with van der Waals surface area (Å²) in [5, 5.41) is 3.44. The summed E-state index contributed by atoms with van der Waals surface area (Å²) >= 11 is 5.48. The Morgan fingerprint density at radius 2 is 1.95 bits per heavy atom. The van der Waals surface area contributed by atoms with Gasteiger partial charge < -0.3 is 5.32 Å². The van der Waals surface area contributed by atoms with E-state index >= 15 is 0 Å². The molecule has 1 N–H and O–H groups in total. The van der Waals surface area contributed by atoms with Crippen LogP contribution in [0.5, 0.6) is 0 Å². The molecule has 1 aromatic carbocycles. The molecule has 1 unspecified atom stereocenters. The number of halogens is 1. The predicted molar refractivity (Wildman–Crippen MR) is 88.1 cm³/mol. The molecule has 2 aromatic rings. The number of benzene rings is 1. The van der Waals surface area contributed by atoms with Gasteiger partial charge in [-0.1, -0.05) is 35.0 Å². The van der Waals surface area contributed by atoms with Gasteiger partial charge in [0.2, 0.25) is 0 Å². The van der Waals surface area contributed by atoms with Crippen LogP contribution in [0.3, 0.4) is 0 Å². The van der Waals surface area contributed by atoms with Gasteiger partial charge in [-0.05, 0) is 56.1 Å². The van der Waals surface area contributed by atoms with Crippen LogP contribution in [0.2, 0.25) is 0 Å². The van der Waals surface area contributed by atoms with Crippen molar-refractivity contribution in [1.82, 2.24) is 5.32 Å². The summed E-state index contributed by atoms with van der Waals surface area (Å²) in [4.78, 5) is 2.96. The number of hydrogen-bond acceptors (Lipinski definition) is 2. The first-order valence-electron chi connectivity index (χ1n) is 6.70. The third kappa shape index (κ3) is 4.44. The van der Waals surface area contributed by atoms with Crippen molar-refractivity contribution in [2.75, 3.05) is 7.05 Å². The average molecular weight is 338 g/mol. The summed E-state index contributed by atoms with van der Waals surface area (Å²) in [5.74, 6) is 0. The van der Waals surface area contributed by atoms with Crippen LogP contribution in [0.25, 0.3) is 0 Å². The van der Waals surface area contributed by atoms with Gasteiger partial charge in [0, 0.05) is 20.3 Å². The van der Waals surface area contributed by atoms with Gasteiger partial charge in [-0.3, -0.25) is 0 Å². The summed E-state index contributed by atoms with van der Waals surface area (Å²) in [6, 6.07) is 13.6. The second-order valence-corrected chi connectivity index (χ2v) is 6.91. The summed E-state index contributed by atoms with van der Waals surface area (Å²) in [6.45, 7) is 2.21. The fourth-order valence-electron chi connectivity index (χ4n) is 2.19. The van der Waals surface area contributed by atoms with Crippen LogP contribution in [0, 0.1) is 0 Å². The Morgan fingerprint density at radius 1 is 1.16 bits per heavy atom. The summed E-state index contributed by atoms with van der Waals surface area (Å²) in [6.07, 6.45) is 3.31. The molecule has 0 fully saturated rings. The highest BCUT2D eigenvalue weighted by Crippen LogP contribution is 2.20. The van der Waals surface area contributed by atoms with Crippen molar-refractivity contribution in [1.29, 1.82) is 0 Å². The van der Waals surface area contributed by atoms with Crippen molar-refractivity contribution in [2.24, 2.45) is 0 Å². The monoisotopic (exact) mass is 337 g/mol. The van der Waals surface area contributed by atoms with E-state index in [4.69, 9.17) is 0 Å². The van der Waals surface area contributed by atoms with Crippen LogP contribution in [0.4, 0.5) is 0 Å². The van der Waals surface area contributed by atoms with Crippen LogP contribution in [-0.4, -0.2) is 13.1 Å². The van der Waals surface area contributed by atoms with Gasteiger partial charge in [0.15, 0.2) is 0 Å². The highest BCUT2D eigenvalue weighted by molar-refractivity contribution is 9.10. The molecule has 102 valence electrons. The van der Waals surface area contributed by atoms with Crippen molar-refractivity contribution in [3.8, 4) is 0 Å². The number of hydrogen-bond donors (Lipinski definition) is 1. The Balaban J connectivity index is 2.00. The van der Waals surface area contributed by atoms with Gasteiger partial charge in [-0.2, -0.15) is 0 Å². The molecule has 3 heteroatoms. The quantitative estimate of drug-likeness (QED) is 0.821. The molecule has 0 amide bonds. The molecule has 0 aliphatic rings. The molecular weight excluding hydrogens is 318 g/mol. The zero-order chi connectivity index (χ0) is 13.7. The van der Waals surface area contributed by atoms with Gasteiger partial charge in [-0.15, -0.1) is 11.3 Å². The lowest BCUT2D eigenvalue weighted by molar-refractivity contribution is 0.560. The molecule has 0 saturated carbocycles. The van der Waals surface area contributed by atoms with E-state index in [1.807, 2.05) is 11.3 Å². The normalized spacial score (nSPS) is 12.6. The number of thiophene rings is 1. The molecule has 0 bridgehead atoms. The molecule has 1 heterocycles. The summed E-state index contributed by atoms with van der Waals surface area (Å²) in [7, 11) is 2.05. The predicted octanol–water partition coefficient (Wildman–Crippen LogP) is 4.45. The zero-order valence-corrected chi connectivity index (χ0v) is 13.9. The zero-order valence-electron chi connectivity index (χ0n) is 11.4. The topological polar surface area (TPSA) is 12.0 Å². The molecule has 1 atom stereocenters. The second kappa shape index (κ2) is 7.22. The van der Waals surface area contributed by atoms with Gasteiger partial charge in [-0.25, -0.2) is 0 Å². The molecule has 0 spiro atoms. The molecule has 0 radical (unpaired) electrons. The van der Waals surface area contributed by atoms with Crippen molar-refractivity contribution in [3.63, 3.8) is 0 Å². The van der Waals surface area contributed by atoms with E-state index in [1.165, 1.54) is 15.3 Å². The number of aryl methyl sites for hydroxylation is 1. The van der Waals surface area contributed by atoms with E-state index < -0.39 is 0 Å². The number of rotatable bonds is 6. The number of likely N-dealkylation sites (N-methyl/N-ethyl adjacent to an activating group) is 1. The Kier molecular flexibility index (Phi) is 5.61. The fraction of sp³-hybridized carbons (Fsp3) is 0.375. The lowest BCUT2D eigenvalue weighted by atomic mass is 10.0. The van der Waals surface area contributed by atoms with Crippen molar-refractivity contribution < 1.29 is 0 Å². The second-order valence-electron chi connectivity index (χ2n) is 4.75. The summed E-state index contributed by atoms with van der Waals surface area (Å²) < 4.78 is 1.16. The van der Waals surface area contributed by atoms with Crippen LogP contribution < -0.4 is 5.32 Å². The number of nitrogens with one attached hydrogen (secondary N) is 1. The van der Waals surface area contributed by atoms with E-state index in [0.29, 0.717) is 6.04 Å². The van der Waals surface area contributed by atoms with Crippen LogP contribution in [-0.2, 0) is 19.3 Å². The van der Waals surface area contributed by atoms with Gasteiger partial charge in [0.05, 0.1) is 0 Å². The van der Waals surface area contributed by atoms with Crippen LogP contribution in [0.15, 0.2) is 40.9 Å². The molecule has 1 nitrogen and oxygen atoms in total. The highest BCUT2D eigenvalue weighted by atomic mass is 79.9. The maximum absolute atomic E-state index is 3.54. The Morgan fingerprint density at radius 3 is 2.58 bits per heavy atom. The maximum Gasteiger partial charge on any atom is 0.0178 e. The smallest absolute Gasteiger partial charge is 0.0178 e. The third-order valence-corrected chi connectivity index (χ3v) is 5.04. The molecule has 0 aliphatic carbocycles. The minimum absolute atomic E-state index is 0.498. The first-order chi connectivity index (χ1) is 9.21. The lowest BCUT2D eigenvalue weighted by Crippen LogP contribution is -2.29. The molecule has 19 heavy (non-hydrogen) atoms. The molecule has 1 aromatic heterocycles. The van der Waals surface area contributed by atoms with Crippen molar-refractivity contribution >= 4 is 27.3 Å². The van der Waals surface area contributed by atoms with E-state index in [2.05, 4.69) is 71.6 Å². The molecule has 2 rings (SSSR count). The van der Waals surface area contributed by atoms with Gasteiger partial charge >= 0.3 is 0 Å². The van der Waals surface area contributed by atoms with Crippen LogP contribution >= 0.6 is 27.3 Å². The average Bonchev–Trinajstić information content (AvgIpc) is 2.85. The Hall–Kier alpha value is -0.640. The van der Waals surface area contributed by atoms with E-state index in [1.54, 1.807) is 0 Å². The Labute approximate surface area is 128 Å². The molecule has 0 saturated heterocycles. The van der Waals surface area contributed by atoms with E-state index in [9.17, 15) is 0 Å². The maximum atomic E-state index is 3.54. The first kappa shape index (κ1) is 14.8. The minimum Gasteiger partial charge on any atom is -0.316 e. The van der Waals surface area contributed by atoms with Gasteiger partial charge in [0.25, 0.3) is 0 Å². The molecular formula is C16H20BrNS. The van der Waals surface area contributed by atoms with Crippen molar-refractivity contribution in [2.45, 2.75) is 32.2 Å². The largest absolute Gasteiger partial charge is 0.316 e. The molecule has 0 aliphatic heterocycles. The van der Waals surface area contributed by atoms with Crippen LogP contribution in [0.1, 0.15) is 22.2 Å². The SMILES string of the molecule is CCc1ccc(CC(Cc2cccc(Br)c2)NC)s1. The van der Waals surface area contributed by atoms with Gasteiger partial charge in [0.1, 0.15) is 0 Å². The standard InChI is InChI=1S/C16H20BrNS/c1-3-15-7-8-16(19-15)11-14(18-2)10-12-5-4-6-13(17)9-12/h4-9,14,18H,3,10-11H2,1-2H3. The first-order valence-corrected chi connectivity index (χ1v) is 8.31. The summed E-state index contributed by atoms with van der Waals surface area (Å²) in [5.41, 5.74) is 1.38.